The standard InChI is InChI=1S/C20H25N3/c1-13(2)8-9-23-19-11-15(4)14(3)10-18(19)22-20(23)16-6-5-7-17(21)12-16/h5-7,10-13H,8-9,21H2,1-4H3. The molecule has 2 N–H and O–H groups in total. The van der Waals surface area contributed by atoms with Crippen LogP contribution in [-0.2, 0) is 6.54 Å². The van der Waals surface area contributed by atoms with Gasteiger partial charge in [-0.2, -0.15) is 0 Å². The second kappa shape index (κ2) is 6.07. The molecule has 1 heterocycles. The van der Waals surface area contributed by atoms with Crippen LogP contribution in [0.1, 0.15) is 31.4 Å². The Labute approximate surface area is 138 Å². The molecule has 1 aromatic heterocycles. The number of imidazole rings is 1. The van der Waals surface area contributed by atoms with E-state index in [-0.39, 0.29) is 0 Å². The van der Waals surface area contributed by atoms with Crippen LogP contribution < -0.4 is 5.73 Å². The Morgan fingerprint density at radius 2 is 1.83 bits per heavy atom. The lowest BCUT2D eigenvalue weighted by atomic mass is 10.1. The molecule has 23 heavy (non-hydrogen) atoms. The number of benzene rings is 2. The molecule has 0 unspecified atom stereocenters. The Bertz CT molecular complexity index is 843. The molecule has 0 amide bonds. The van der Waals surface area contributed by atoms with Gasteiger partial charge in [-0.25, -0.2) is 4.98 Å². The molecule has 0 spiro atoms. The van der Waals surface area contributed by atoms with Gasteiger partial charge in [0, 0.05) is 17.8 Å². The van der Waals surface area contributed by atoms with Gasteiger partial charge in [0.1, 0.15) is 5.82 Å². The van der Waals surface area contributed by atoms with Gasteiger partial charge in [-0.3, -0.25) is 0 Å². The van der Waals surface area contributed by atoms with E-state index in [9.17, 15) is 0 Å². The molecule has 3 rings (SSSR count). The van der Waals surface area contributed by atoms with Gasteiger partial charge < -0.3 is 10.3 Å². The van der Waals surface area contributed by atoms with Crippen molar-refractivity contribution in [1.82, 2.24) is 9.55 Å². The van der Waals surface area contributed by atoms with Crippen molar-refractivity contribution in [3.63, 3.8) is 0 Å². The Kier molecular flexibility index (Phi) is 4.12. The summed E-state index contributed by atoms with van der Waals surface area (Å²) >= 11 is 0. The highest BCUT2D eigenvalue weighted by molar-refractivity contribution is 5.82. The van der Waals surface area contributed by atoms with Gasteiger partial charge in [0.15, 0.2) is 0 Å². The van der Waals surface area contributed by atoms with Crippen molar-refractivity contribution in [1.29, 1.82) is 0 Å². The summed E-state index contributed by atoms with van der Waals surface area (Å²) < 4.78 is 2.34. The highest BCUT2D eigenvalue weighted by atomic mass is 15.1. The fourth-order valence-corrected chi connectivity index (χ4v) is 2.89. The topological polar surface area (TPSA) is 43.8 Å². The first-order chi connectivity index (χ1) is 11.0. The van der Waals surface area contributed by atoms with Crippen molar-refractivity contribution in [3.8, 4) is 11.4 Å². The average molecular weight is 307 g/mol. The predicted molar refractivity (Wildman–Crippen MR) is 98.5 cm³/mol. The average Bonchev–Trinajstić information content (AvgIpc) is 2.83. The monoisotopic (exact) mass is 307 g/mol. The molecule has 0 atom stereocenters. The molecule has 0 saturated heterocycles. The van der Waals surface area contributed by atoms with Crippen LogP contribution in [0.2, 0.25) is 0 Å². The molecule has 3 aromatic rings. The molecule has 0 radical (unpaired) electrons. The number of nitrogen functional groups attached to an aromatic ring is 1. The van der Waals surface area contributed by atoms with Gasteiger partial charge in [-0.15, -0.1) is 0 Å². The van der Waals surface area contributed by atoms with E-state index >= 15 is 0 Å². The minimum Gasteiger partial charge on any atom is -0.399 e. The van der Waals surface area contributed by atoms with Crippen LogP contribution in [0.25, 0.3) is 22.4 Å². The SMILES string of the molecule is Cc1cc2nc(-c3cccc(N)c3)n(CCC(C)C)c2cc1C. The van der Waals surface area contributed by atoms with E-state index in [0.29, 0.717) is 5.92 Å². The highest BCUT2D eigenvalue weighted by Crippen LogP contribution is 2.28. The van der Waals surface area contributed by atoms with Gasteiger partial charge in [0.2, 0.25) is 0 Å². The molecule has 0 bridgehead atoms. The zero-order valence-electron chi connectivity index (χ0n) is 14.4. The number of hydrogen-bond acceptors (Lipinski definition) is 2. The van der Waals surface area contributed by atoms with Crippen molar-refractivity contribution in [2.24, 2.45) is 5.92 Å². The number of rotatable bonds is 4. The summed E-state index contributed by atoms with van der Waals surface area (Å²) in [6.45, 7) is 9.79. The Morgan fingerprint density at radius 1 is 1.09 bits per heavy atom. The molecular weight excluding hydrogens is 282 g/mol. The summed E-state index contributed by atoms with van der Waals surface area (Å²) in [4.78, 5) is 4.91. The van der Waals surface area contributed by atoms with Crippen molar-refractivity contribution < 1.29 is 0 Å². The molecule has 0 saturated carbocycles. The number of hydrogen-bond donors (Lipinski definition) is 1. The van der Waals surface area contributed by atoms with Crippen LogP contribution in [0.15, 0.2) is 36.4 Å². The van der Waals surface area contributed by atoms with Crippen molar-refractivity contribution in [2.45, 2.75) is 40.7 Å². The van der Waals surface area contributed by atoms with Crippen LogP contribution in [0.5, 0.6) is 0 Å². The molecule has 0 fully saturated rings. The van der Waals surface area contributed by atoms with Crippen LogP contribution in [0.3, 0.4) is 0 Å². The van der Waals surface area contributed by atoms with E-state index < -0.39 is 0 Å². The van der Waals surface area contributed by atoms with Gasteiger partial charge in [0.25, 0.3) is 0 Å². The van der Waals surface area contributed by atoms with E-state index in [0.717, 1.165) is 35.6 Å². The number of nitrogens with zero attached hydrogens (tertiary/aromatic N) is 2. The van der Waals surface area contributed by atoms with E-state index in [2.05, 4.69) is 50.5 Å². The van der Waals surface area contributed by atoms with E-state index in [1.54, 1.807) is 0 Å². The maximum Gasteiger partial charge on any atom is 0.141 e. The van der Waals surface area contributed by atoms with Gasteiger partial charge in [0.05, 0.1) is 11.0 Å². The molecule has 0 aliphatic carbocycles. The van der Waals surface area contributed by atoms with Gasteiger partial charge >= 0.3 is 0 Å². The summed E-state index contributed by atoms with van der Waals surface area (Å²) in [7, 11) is 0. The minimum absolute atomic E-state index is 0.660. The third kappa shape index (κ3) is 3.09. The lowest BCUT2D eigenvalue weighted by Gasteiger charge is -2.12. The lowest BCUT2D eigenvalue weighted by molar-refractivity contribution is 0.525. The number of nitrogens with two attached hydrogens (primary N) is 1. The largest absolute Gasteiger partial charge is 0.399 e. The number of fused-ring (bicyclic) bond motifs is 1. The van der Waals surface area contributed by atoms with E-state index in [1.807, 2.05) is 18.2 Å². The zero-order valence-corrected chi connectivity index (χ0v) is 14.4. The number of aromatic nitrogens is 2. The second-order valence-electron chi connectivity index (χ2n) is 6.82. The Balaban J connectivity index is 2.20. The summed E-state index contributed by atoms with van der Waals surface area (Å²) in [6, 6.07) is 12.4. The maximum absolute atomic E-state index is 5.97. The first kappa shape index (κ1) is 15.6. The highest BCUT2D eigenvalue weighted by Gasteiger charge is 2.14. The Hall–Kier alpha value is -2.29. The third-order valence-corrected chi connectivity index (χ3v) is 4.44. The molecule has 2 aromatic carbocycles. The van der Waals surface area contributed by atoms with Crippen LogP contribution >= 0.6 is 0 Å². The first-order valence-electron chi connectivity index (χ1n) is 8.29. The smallest absolute Gasteiger partial charge is 0.141 e. The van der Waals surface area contributed by atoms with Crippen molar-refractivity contribution in [3.05, 3.63) is 47.5 Å². The molecular formula is C20H25N3. The van der Waals surface area contributed by atoms with E-state index in [4.69, 9.17) is 10.7 Å². The van der Waals surface area contributed by atoms with Crippen LogP contribution in [-0.4, -0.2) is 9.55 Å². The fraction of sp³-hybridized carbons (Fsp3) is 0.350. The summed E-state index contributed by atoms with van der Waals surface area (Å²) in [6.07, 6.45) is 1.13. The molecule has 0 aliphatic heterocycles. The maximum atomic E-state index is 5.97. The first-order valence-corrected chi connectivity index (χ1v) is 8.29. The second-order valence-corrected chi connectivity index (χ2v) is 6.82. The lowest BCUT2D eigenvalue weighted by Crippen LogP contribution is -2.04. The normalized spacial score (nSPS) is 11.5. The zero-order chi connectivity index (χ0) is 16.6. The number of aryl methyl sites for hydroxylation is 3. The van der Waals surface area contributed by atoms with Crippen molar-refractivity contribution >= 4 is 16.7 Å². The van der Waals surface area contributed by atoms with Crippen LogP contribution in [0.4, 0.5) is 5.69 Å². The predicted octanol–water partition coefficient (Wildman–Crippen LogP) is 4.95. The van der Waals surface area contributed by atoms with E-state index in [1.165, 1.54) is 16.6 Å². The van der Waals surface area contributed by atoms with Gasteiger partial charge in [-0.1, -0.05) is 26.0 Å². The molecule has 0 aliphatic rings. The molecule has 3 nitrogen and oxygen atoms in total. The summed E-state index contributed by atoms with van der Waals surface area (Å²) in [5.41, 5.74) is 12.7. The fourth-order valence-electron chi connectivity index (χ4n) is 2.89. The Morgan fingerprint density at radius 3 is 2.52 bits per heavy atom. The van der Waals surface area contributed by atoms with Crippen molar-refractivity contribution in [2.75, 3.05) is 5.73 Å². The summed E-state index contributed by atoms with van der Waals surface area (Å²) in [5.74, 6) is 1.67. The summed E-state index contributed by atoms with van der Waals surface area (Å²) in [5, 5.41) is 0. The third-order valence-electron chi connectivity index (χ3n) is 4.44. The minimum atomic E-state index is 0.660. The van der Waals surface area contributed by atoms with Gasteiger partial charge in [-0.05, 0) is 61.6 Å². The quantitative estimate of drug-likeness (QED) is 0.693. The molecule has 3 heteroatoms. The molecule has 120 valence electrons. The number of anilines is 1. The van der Waals surface area contributed by atoms with Crippen LogP contribution in [0, 0.1) is 19.8 Å².